The molecule has 0 unspecified atom stereocenters. The number of rotatable bonds is 6. The van der Waals surface area contributed by atoms with Crippen LogP contribution in [0.2, 0.25) is 0 Å². The summed E-state index contributed by atoms with van der Waals surface area (Å²) in [7, 11) is -3.27. The van der Waals surface area contributed by atoms with Gasteiger partial charge in [-0.15, -0.1) is 0 Å². The molecule has 1 heterocycles. The summed E-state index contributed by atoms with van der Waals surface area (Å²) in [5.41, 5.74) is 3.35. The van der Waals surface area contributed by atoms with Crippen LogP contribution in [0.4, 0.5) is 5.69 Å². The largest absolute Gasteiger partial charge is 0.345 e. The topological polar surface area (TPSA) is 66.5 Å². The van der Waals surface area contributed by atoms with Crippen molar-refractivity contribution in [1.29, 1.82) is 0 Å². The molecular weight excluding hydrogens is 384 g/mol. The molecule has 5 nitrogen and oxygen atoms in total. The van der Waals surface area contributed by atoms with Crippen molar-refractivity contribution in [2.45, 2.75) is 46.1 Å². The van der Waals surface area contributed by atoms with Gasteiger partial charge in [0.25, 0.3) is 5.91 Å². The van der Waals surface area contributed by atoms with Gasteiger partial charge in [-0.1, -0.05) is 58.0 Å². The van der Waals surface area contributed by atoms with E-state index in [-0.39, 0.29) is 23.6 Å². The Kier molecular flexibility index (Phi) is 6.32. The molecule has 1 amide bonds. The number of carbonyl (C=O) groups excluding carboxylic acids is 1. The number of hydrogen-bond donors (Lipinski definition) is 1. The van der Waals surface area contributed by atoms with Crippen LogP contribution in [0.3, 0.4) is 0 Å². The molecule has 1 saturated heterocycles. The fourth-order valence-electron chi connectivity index (χ4n) is 3.68. The van der Waals surface area contributed by atoms with Crippen LogP contribution in [0, 0.1) is 5.92 Å². The lowest BCUT2D eigenvalue weighted by Crippen LogP contribution is -2.32. The van der Waals surface area contributed by atoms with E-state index in [0.29, 0.717) is 30.1 Å². The number of carbonyl (C=O) groups is 1. The summed E-state index contributed by atoms with van der Waals surface area (Å²) in [6.07, 6.45) is 0.612. The first-order valence-electron chi connectivity index (χ1n) is 10.2. The quantitative estimate of drug-likeness (QED) is 0.758. The minimum Gasteiger partial charge on any atom is -0.345 e. The van der Waals surface area contributed by atoms with Gasteiger partial charge in [0.1, 0.15) is 0 Å². The number of sulfonamides is 1. The highest BCUT2D eigenvalue weighted by Gasteiger charge is 2.29. The van der Waals surface area contributed by atoms with Crippen molar-refractivity contribution < 1.29 is 13.2 Å². The summed E-state index contributed by atoms with van der Waals surface area (Å²) < 4.78 is 25.8. The van der Waals surface area contributed by atoms with Crippen molar-refractivity contribution in [2.24, 2.45) is 5.92 Å². The number of benzene rings is 2. The number of nitrogens with zero attached hydrogens (tertiary/aromatic N) is 1. The number of anilines is 1. The SMILES string of the molecule is CC(C)c1ccc([C@@H](NC(=O)c2cccc(N3CCCS3(=O)=O)c2)C(C)C)cc1. The van der Waals surface area contributed by atoms with Crippen molar-refractivity contribution in [2.75, 3.05) is 16.6 Å². The van der Waals surface area contributed by atoms with Crippen LogP contribution in [-0.2, 0) is 10.0 Å². The van der Waals surface area contributed by atoms with Gasteiger partial charge in [-0.25, -0.2) is 8.42 Å². The molecule has 0 aliphatic carbocycles. The van der Waals surface area contributed by atoms with E-state index in [1.807, 2.05) is 0 Å². The molecule has 2 aromatic carbocycles. The highest BCUT2D eigenvalue weighted by atomic mass is 32.2. The van der Waals surface area contributed by atoms with Gasteiger partial charge in [0.05, 0.1) is 17.5 Å². The fourth-order valence-corrected chi connectivity index (χ4v) is 5.24. The third-order valence-electron chi connectivity index (χ3n) is 5.41. The van der Waals surface area contributed by atoms with Crippen LogP contribution in [0.15, 0.2) is 48.5 Å². The van der Waals surface area contributed by atoms with Crippen LogP contribution in [0.1, 0.15) is 67.6 Å². The molecule has 0 bridgehead atoms. The van der Waals surface area contributed by atoms with E-state index >= 15 is 0 Å². The van der Waals surface area contributed by atoms with E-state index in [4.69, 9.17) is 0 Å². The Morgan fingerprint density at radius 3 is 2.21 bits per heavy atom. The second kappa shape index (κ2) is 8.57. The zero-order valence-electron chi connectivity index (χ0n) is 17.6. The predicted octanol–water partition coefficient (Wildman–Crippen LogP) is 4.48. The van der Waals surface area contributed by atoms with Gasteiger partial charge in [-0.05, 0) is 47.6 Å². The number of nitrogens with one attached hydrogen (secondary N) is 1. The molecule has 1 N–H and O–H groups in total. The van der Waals surface area contributed by atoms with Crippen molar-refractivity contribution >= 4 is 21.6 Å². The Morgan fingerprint density at radius 2 is 1.66 bits per heavy atom. The molecule has 0 spiro atoms. The summed E-state index contributed by atoms with van der Waals surface area (Å²) >= 11 is 0. The zero-order valence-corrected chi connectivity index (χ0v) is 18.4. The van der Waals surface area contributed by atoms with Gasteiger partial charge < -0.3 is 5.32 Å². The van der Waals surface area contributed by atoms with E-state index < -0.39 is 10.0 Å². The molecule has 29 heavy (non-hydrogen) atoms. The van der Waals surface area contributed by atoms with Crippen LogP contribution < -0.4 is 9.62 Å². The van der Waals surface area contributed by atoms with E-state index in [0.717, 1.165) is 5.56 Å². The lowest BCUT2D eigenvalue weighted by Gasteiger charge is -2.24. The van der Waals surface area contributed by atoms with Gasteiger partial charge in [0.2, 0.25) is 10.0 Å². The lowest BCUT2D eigenvalue weighted by molar-refractivity contribution is 0.0925. The third kappa shape index (κ3) is 4.81. The Labute approximate surface area is 174 Å². The van der Waals surface area contributed by atoms with Gasteiger partial charge in [-0.3, -0.25) is 9.10 Å². The first-order valence-corrected chi connectivity index (χ1v) is 11.8. The summed E-state index contributed by atoms with van der Waals surface area (Å²) in [4.78, 5) is 13.0. The lowest BCUT2D eigenvalue weighted by atomic mass is 9.93. The average Bonchev–Trinajstić information content (AvgIpc) is 3.05. The maximum Gasteiger partial charge on any atom is 0.251 e. The zero-order chi connectivity index (χ0) is 21.2. The van der Waals surface area contributed by atoms with Crippen LogP contribution in [0.25, 0.3) is 0 Å². The smallest absolute Gasteiger partial charge is 0.251 e. The molecular formula is C23H30N2O3S. The van der Waals surface area contributed by atoms with Gasteiger partial charge in [0, 0.05) is 12.1 Å². The first-order chi connectivity index (χ1) is 13.7. The molecule has 6 heteroatoms. The fraction of sp³-hybridized carbons (Fsp3) is 0.435. The molecule has 1 aliphatic rings. The Balaban J connectivity index is 1.81. The van der Waals surface area contributed by atoms with E-state index in [1.165, 1.54) is 9.87 Å². The van der Waals surface area contributed by atoms with Crippen molar-refractivity contribution in [3.63, 3.8) is 0 Å². The Hall–Kier alpha value is -2.34. The minimum absolute atomic E-state index is 0.122. The molecule has 2 aromatic rings. The molecule has 1 atom stereocenters. The molecule has 1 fully saturated rings. The van der Waals surface area contributed by atoms with Gasteiger partial charge in [0.15, 0.2) is 0 Å². The number of hydrogen-bond acceptors (Lipinski definition) is 3. The average molecular weight is 415 g/mol. The Morgan fingerprint density at radius 1 is 1.00 bits per heavy atom. The highest BCUT2D eigenvalue weighted by Crippen LogP contribution is 2.27. The number of amides is 1. The van der Waals surface area contributed by atoms with E-state index in [1.54, 1.807) is 24.3 Å². The molecule has 0 radical (unpaired) electrons. The predicted molar refractivity (Wildman–Crippen MR) is 118 cm³/mol. The highest BCUT2D eigenvalue weighted by molar-refractivity contribution is 7.93. The van der Waals surface area contributed by atoms with Crippen molar-refractivity contribution in [3.8, 4) is 0 Å². The van der Waals surface area contributed by atoms with E-state index in [9.17, 15) is 13.2 Å². The summed E-state index contributed by atoms with van der Waals surface area (Å²) in [5, 5.41) is 3.13. The van der Waals surface area contributed by atoms with Crippen LogP contribution in [-0.4, -0.2) is 26.6 Å². The maximum atomic E-state index is 13.0. The monoisotopic (exact) mass is 414 g/mol. The molecule has 3 rings (SSSR count). The molecule has 1 aliphatic heterocycles. The third-order valence-corrected chi connectivity index (χ3v) is 7.28. The van der Waals surface area contributed by atoms with E-state index in [2.05, 4.69) is 57.3 Å². The van der Waals surface area contributed by atoms with Gasteiger partial charge >= 0.3 is 0 Å². The summed E-state index contributed by atoms with van der Waals surface area (Å²) in [6.45, 7) is 8.93. The van der Waals surface area contributed by atoms with Gasteiger partial charge in [-0.2, -0.15) is 0 Å². The van der Waals surface area contributed by atoms with Crippen LogP contribution in [0.5, 0.6) is 0 Å². The van der Waals surface area contributed by atoms with Crippen molar-refractivity contribution in [3.05, 3.63) is 65.2 Å². The second-order valence-corrected chi connectivity index (χ2v) is 10.3. The molecule has 0 aromatic heterocycles. The van der Waals surface area contributed by atoms with Crippen LogP contribution >= 0.6 is 0 Å². The molecule has 0 saturated carbocycles. The first kappa shape index (κ1) is 21.4. The maximum absolute atomic E-state index is 13.0. The minimum atomic E-state index is -3.27. The summed E-state index contributed by atoms with van der Waals surface area (Å²) in [5.74, 6) is 0.632. The normalized spacial score (nSPS) is 17.0. The standard InChI is InChI=1S/C23H30N2O3S/c1-16(2)18-9-11-19(12-10-18)22(17(3)4)24-23(26)20-7-5-8-21(15-20)25-13-6-14-29(25,27)28/h5,7-12,15-17,22H,6,13-14H2,1-4H3,(H,24,26)/t22-/m0/s1. The molecule has 156 valence electrons. The second-order valence-electron chi connectivity index (χ2n) is 8.31. The van der Waals surface area contributed by atoms with Crippen molar-refractivity contribution in [1.82, 2.24) is 5.32 Å². The summed E-state index contributed by atoms with van der Waals surface area (Å²) in [6, 6.07) is 15.1. The Bertz CT molecular complexity index is 966.